The summed E-state index contributed by atoms with van der Waals surface area (Å²) >= 11 is 10.3. The van der Waals surface area contributed by atoms with Crippen LogP contribution >= 0.6 is 55.0 Å². The fourth-order valence-corrected chi connectivity index (χ4v) is 5.49. The lowest BCUT2D eigenvalue weighted by molar-refractivity contribution is -0.155. The van der Waals surface area contributed by atoms with E-state index < -0.39 is 0 Å². The largest absolute Gasteiger partial charge is 0.508 e. The molecule has 1 saturated heterocycles. The summed E-state index contributed by atoms with van der Waals surface area (Å²) in [5.41, 5.74) is 0.923. The molecule has 1 aromatic heterocycles. The molecule has 0 spiro atoms. The molecule has 1 fully saturated rings. The smallest absolute Gasteiger partial charge is 0.173 e. The molecule has 1 aliphatic heterocycles. The third kappa shape index (κ3) is 5.56. The van der Waals surface area contributed by atoms with E-state index in [0.29, 0.717) is 13.2 Å². The minimum Gasteiger partial charge on any atom is -0.508 e. The van der Waals surface area contributed by atoms with Gasteiger partial charge >= 0.3 is 0 Å². The Kier molecular flexibility index (Phi) is 8.48. The summed E-state index contributed by atoms with van der Waals surface area (Å²) < 4.78 is 13.0. The summed E-state index contributed by atoms with van der Waals surface area (Å²) in [7, 11) is 0. The maximum atomic E-state index is 9.64. The number of thiazole rings is 1. The molecule has 2 unspecified atom stereocenters. The van der Waals surface area contributed by atoms with Crippen molar-refractivity contribution in [2.75, 3.05) is 29.6 Å². The average Bonchev–Trinajstić information content (AvgIpc) is 3.27. The normalized spacial score (nSPS) is 20.4. The Balaban J connectivity index is 1.63. The van der Waals surface area contributed by atoms with Gasteiger partial charge in [0.15, 0.2) is 6.29 Å². The van der Waals surface area contributed by atoms with Crippen LogP contribution in [0.25, 0.3) is 10.2 Å². The van der Waals surface area contributed by atoms with Gasteiger partial charge in [0.1, 0.15) is 16.1 Å². The highest BCUT2D eigenvalue weighted by Crippen LogP contribution is 2.38. The van der Waals surface area contributed by atoms with E-state index >= 15 is 0 Å². The molecule has 1 aromatic carbocycles. The van der Waals surface area contributed by atoms with E-state index in [2.05, 4.69) is 37.2 Å². The van der Waals surface area contributed by atoms with Gasteiger partial charge in [-0.05, 0) is 31.0 Å². The molecule has 9 heteroatoms. The van der Waals surface area contributed by atoms with Crippen molar-refractivity contribution in [3.05, 3.63) is 23.2 Å². The van der Waals surface area contributed by atoms with Gasteiger partial charge in [-0.1, -0.05) is 31.9 Å². The van der Waals surface area contributed by atoms with Gasteiger partial charge in [-0.25, -0.2) is 4.98 Å². The fourth-order valence-electron chi connectivity index (χ4n) is 2.62. The van der Waals surface area contributed by atoms with Crippen LogP contribution in [-0.2, 0) is 9.47 Å². The van der Waals surface area contributed by atoms with E-state index in [4.69, 9.17) is 14.5 Å². The minimum absolute atomic E-state index is 0.126. The first-order valence-corrected chi connectivity index (χ1v) is 12.6. The van der Waals surface area contributed by atoms with Gasteiger partial charge in [0, 0.05) is 16.4 Å². The number of aromatic nitrogens is 1. The first-order valence-electron chi connectivity index (χ1n) is 8.53. The number of nitrogens with zero attached hydrogens (tertiary/aromatic N) is 1. The van der Waals surface area contributed by atoms with E-state index in [0.717, 1.165) is 44.5 Å². The van der Waals surface area contributed by atoms with Crippen molar-refractivity contribution < 1.29 is 14.6 Å². The highest BCUT2D eigenvalue weighted by atomic mass is 79.9. The number of halogens is 2. The molecule has 26 heavy (non-hydrogen) atoms. The zero-order valence-electron chi connectivity index (χ0n) is 14.2. The monoisotopic (exact) mass is 524 g/mol. The molecule has 2 atom stereocenters. The van der Waals surface area contributed by atoms with Crippen LogP contribution in [0.5, 0.6) is 5.75 Å². The predicted molar refractivity (Wildman–Crippen MR) is 116 cm³/mol. The third-order valence-electron chi connectivity index (χ3n) is 3.87. The third-order valence-corrected chi connectivity index (χ3v) is 7.47. The molecule has 0 bridgehead atoms. The minimum atomic E-state index is -0.246. The summed E-state index contributed by atoms with van der Waals surface area (Å²) in [4.78, 5) is 4.71. The quantitative estimate of drug-likeness (QED) is 0.268. The number of hydrogen-bond acceptors (Lipinski definition) is 7. The van der Waals surface area contributed by atoms with Gasteiger partial charge in [-0.15, -0.1) is 23.1 Å². The topological polar surface area (TPSA) is 63.6 Å². The lowest BCUT2D eigenvalue weighted by Crippen LogP contribution is -2.41. The number of ether oxygens (including phenoxy) is 2. The molecular formula is C17H22Br2N2O3S2. The second kappa shape index (κ2) is 10.6. The molecule has 0 aliphatic carbocycles. The van der Waals surface area contributed by atoms with Crippen molar-refractivity contribution in [2.45, 2.75) is 30.5 Å². The number of phenols is 1. The van der Waals surface area contributed by atoms with Gasteiger partial charge < -0.3 is 14.6 Å². The number of aromatic hydroxyl groups is 1. The summed E-state index contributed by atoms with van der Waals surface area (Å²) in [6.07, 6.45) is 1.68. The molecule has 144 valence electrons. The number of thioether (sulfide) groups is 1. The van der Waals surface area contributed by atoms with Gasteiger partial charge in [-0.2, -0.15) is 0 Å². The SMILES string of the molecule is Oc1ccc2nc(C3NC(C(OCCCBr)OCCCBr)CS3)sc2c1. The molecule has 2 heterocycles. The molecule has 0 amide bonds. The van der Waals surface area contributed by atoms with E-state index in [-0.39, 0.29) is 23.5 Å². The van der Waals surface area contributed by atoms with Crippen LogP contribution in [0.1, 0.15) is 23.2 Å². The number of benzene rings is 1. The molecule has 1 aliphatic rings. The molecule has 2 N–H and O–H groups in total. The lowest BCUT2D eigenvalue weighted by atomic mass is 10.3. The van der Waals surface area contributed by atoms with Crippen molar-refractivity contribution in [3.63, 3.8) is 0 Å². The molecule has 3 rings (SSSR count). The van der Waals surface area contributed by atoms with Crippen LogP contribution < -0.4 is 5.32 Å². The van der Waals surface area contributed by atoms with Gasteiger partial charge in [0.05, 0.1) is 29.5 Å². The summed E-state index contributed by atoms with van der Waals surface area (Å²) in [6.45, 7) is 1.36. The number of phenolic OH excluding ortho intramolecular Hbond substituents is 1. The van der Waals surface area contributed by atoms with Crippen LogP contribution in [0, 0.1) is 0 Å². The maximum Gasteiger partial charge on any atom is 0.173 e. The first-order chi connectivity index (χ1) is 12.7. The molecular weight excluding hydrogens is 504 g/mol. The molecule has 2 aromatic rings. The highest BCUT2D eigenvalue weighted by molar-refractivity contribution is 9.09. The highest BCUT2D eigenvalue weighted by Gasteiger charge is 2.34. The van der Waals surface area contributed by atoms with E-state index in [1.807, 2.05) is 17.8 Å². The number of alkyl halides is 2. The van der Waals surface area contributed by atoms with Crippen molar-refractivity contribution >= 4 is 65.2 Å². The molecule has 0 radical (unpaired) electrons. The first kappa shape index (κ1) is 20.8. The summed E-state index contributed by atoms with van der Waals surface area (Å²) in [5, 5.41) is 16.3. The number of hydrogen-bond donors (Lipinski definition) is 2. The van der Waals surface area contributed by atoms with Crippen LogP contribution in [0.3, 0.4) is 0 Å². The summed E-state index contributed by atoms with van der Waals surface area (Å²) in [6, 6.07) is 5.44. The Morgan fingerprint density at radius 2 is 1.96 bits per heavy atom. The van der Waals surface area contributed by atoms with Gasteiger partial charge in [0.2, 0.25) is 0 Å². The van der Waals surface area contributed by atoms with Gasteiger partial charge in [-0.3, -0.25) is 5.32 Å². The van der Waals surface area contributed by atoms with Crippen molar-refractivity contribution in [1.82, 2.24) is 10.3 Å². The Hall–Kier alpha value is 0.1000. The number of fused-ring (bicyclic) bond motifs is 1. The standard InChI is InChI=1S/C17H22Br2N2O3S2/c18-5-1-7-23-17(24-8-2-6-19)13-10-25-15(21-13)16-20-12-4-3-11(22)9-14(12)26-16/h3-4,9,13,15,17,21-22H,1-2,5-8,10H2. The summed E-state index contributed by atoms with van der Waals surface area (Å²) in [5.74, 6) is 1.19. The van der Waals surface area contributed by atoms with Crippen LogP contribution in [0.2, 0.25) is 0 Å². The van der Waals surface area contributed by atoms with Crippen molar-refractivity contribution in [2.24, 2.45) is 0 Å². The van der Waals surface area contributed by atoms with Gasteiger partial charge in [0.25, 0.3) is 0 Å². The molecule has 5 nitrogen and oxygen atoms in total. The lowest BCUT2D eigenvalue weighted by Gasteiger charge is -2.24. The maximum absolute atomic E-state index is 9.64. The zero-order chi connectivity index (χ0) is 18.4. The van der Waals surface area contributed by atoms with E-state index in [1.165, 1.54) is 0 Å². The van der Waals surface area contributed by atoms with Crippen molar-refractivity contribution in [1.29, 1.82) is 0 Å². The number of rotatable bonds is 10. The predicted octanol–water partition coefficient (Wildman–Crippen LogP) is 4.63. The average molecular weight is 526 g/mol. The Morgan fingerprint density at radius 1 is 1.23 bits per heavy atom. The van der Waals surface area contributed by atoms with Crippen molar-refractivity contribution in [3.8, 4) is 5.75 Å². The molecule has 0 saturated carbocycles. The van der Waals surface area contributed by atoms with Crippen LogP contribution in [0.4, 0.5) is 0 Å². The van der Waals surface area contributed by atoms with E-state index in [1.54, 1.807) is 23.5 Å². The second-order valence-corrected chi connectivity index (χ2v) is 9.67. The zero-order valence-corrected chi connectivity index (χ0v) is 19.0. The Labute approximate surface area is 178 Å². The van der Waals surface area contributed by atoms with Crippen LogP contribution in [-0.4, -0.2) is 52.0 Å². The Morgan fingerprint density at radius 3 is 2.65 bits per heavy atom. The Bertz CT molecular complexity index is 694. The van der Waals surface area contributed by atoms with E-state index in [9.17, 15) is 5.11 Å². The second-order valence-electron chi connectivity index (χ2n) is 5.89. The van der Waals surface area contributed by atoms with Crippen LogP contribution in [0.15, 0.2) is 18.2 Å². The number of nitrogens with one attached hydrogen (secondary N) is 1. The fraction of sp³-hybridized carbons (Fsp3) is 0.588.